The van der Waals surface area contributed by atoms with Crippen molar-refractivity contribution in [1.82, 2.24) is 14.1 Å². The molecular weight excluding hydrogens is 568 g/mol. The number of amidine groups is 1. The van der Waals surface area contributed by atoms with Crippen LogP contribution in [0.25, 0.3) is 0 Å². The summed E-state index contributed by atoms with van der Waals surface area (Å²) in [5, 5.41) is 30.9. The molecule has 1 aliphatic rings. The number of halogens is 1. The van der Waals surface area contributed by atoms with Crippen molar-refractivity contribution < 1.29 is 27.9 Å². The number of aromatic nitrogens is 2. The number of aromatic carboxylic acids is 1. The fourth-order valence-corrected chi connectivity index (χ4v) is 6.37. The maximum atomic E-state index is 13.6. The maximum absolute atomic E-state index is 13.6. The van der Waals surface area contributed by atoms with Crippen LogP contribution in [0, 0.1) is 16.7 Å². The van der Waals surface area contributed by atoms with E-state index >= 15 is 0 Å². The van der Waals surface area contributed by atoms with Crippen LogP contribution < -0.4 is 5.73 Å². The lowest BCUT2D eigenvalue weighted by atomic mass is 10.00. The maximum Gasteiger partial charge on any atom is 0.337 e. The van der Waals surface area contributed by atoms with Gasteiger partial charge in [-0.1, -0.05) is 41.9 Å². The molecule has 4 N–H and O–H groups in total. The molecule has 1 aliphatic heterocycles. The van der Waals surface area contributed by atoms with Crippen molar-refractivity contribution >= 4 is 57.0 Å². The van der Waals surface area contributed by atoms with Crippen molar-refractivity contribution in [3.63, 3.8) is 0 Å². The number of carbonyl (C=O) groups is 3. The van der Waals surface area contributed by atoms with E-state index in [2.05, 4.69) is 5.10 Å². The van der Waals surface area contributed by atoms with Gasteiger partial charge in [0.05, 0.1) is 28.8 Å². The van der Waals surface area contributed by atoms with Gasteiger partial charge in [-0.25, -0.2) is 17.5 Å². The Morgan fingerprint density at radius 2 is 1.90 bits per heavy atom. The Kier molecular flexibility index (Phi) is 7.51. The van der Waals surface area contributed by atoms with Gasteiger partial charge in [0, 0.05) is 11.3 Å². The molecule has 2 heterocycles. The van der Waals surface area contributed by atoms with Crippen LogP contribution in [0.2, 0.25) is 5.02 Å². The van der Waals surface area contributed by atoms with E-state index in [0.29, 0.717) is 9.87 Å². The van der Waals surface area contributed by atoms with E-state index in [9.17, 15) is 33.2 Å². The molecule has 0 spiro atoms. The Balaban J connectivity index is 1.82. The highest BCUT2D eigenvalue weighted by molar-refractivity contribution is 7.98. The number of hydrogen-bond acceptors (Lipinski definition) is 9. The SMILES string of the molecule is CS(=O)(=O)N1C(=O)CC1c1nn(C(=O)c2cccc(C(=O)O)c2Cl)c(SCc2ccc(C(=N)N)cc2)c1C#N. The number of nitrogens with zero attached hydrogens (tertiary/aromatic N) is 4. The Hall–Kier alpha value is -4.19. The van der Waals surface area contributed by atoms with Crippen molar-refractivity contribution in [2.24, 2.45) is 5.73 Å². The Bertz CT molecular complexity index is 1690. The van der Waals surface area contributed by atoms with E-state index in [1.165, 1.54) is 18.2 Å². The van der Waals surface area contributed by atoms with Crippen molar-refractivity contribution in [3.05, 3.63) is 81.0 Å². The van der Waals surface area contributed by atoms with Crippen LogP contribution in [0.15, 0.2) is 47.5 Å². The van der Waals surface area contributed by atoms with E-state index in [4.69, 9.17) is 22.7 Å². The lowest BCUT2D eigenvalue weighted by molar-refractivity contribution is -0.137. The van der Waals surface area contributed by atoms with E-state index in [1.807, 2.05) is 6.07 Å². The summed E-state index contributed by atoms with van der Waals surface area (Å²) in [7, 11) is -3.98. The lowest BCUT2D eigenvalue weighted by Crippen LogP contribution is -2.49. The summed E-state index contributed by atoms with van der Waals surface area (Å²) >= 11 is 7.27. The van der Waals surface area contributed by atoms with Crippen LogP contribution in [0.1, 0.15) is 55.6 Å². The normalized spacial score (nSPS) is 14.9. The summed E-state index contributed by atoms with van der Waals surface area (Å²) in [5.41, 5.74) is 6.04. The molecule has 0 bridgehead atoms. The average molecular weight is 587 g/mol. The largest absolute Gasteiger partial charge is 0.478 e. The summed E-state index contributed by atoms with van der Waals surface area (Å²) in [6, 6.07) is 11.4. The van der Waals surface area contributed by atoms with Crippen molar-refractivity contribution in [2.75, 3.05) is 6.26 Å². The first-order chi connectivity index (χ1) is 18.3. The van der Waals surface area contributed by atoms with Crippen molar-refractivity contribution in [1.29, 1.82) is 10.7 Å². The summed E-state index contributed by atoms with van der Waals surface area (Å²) in [5.74, 6) is -2.76. The van der Waals surface area contributed by atoms with Gasteiger partial charge in [0.2, 0.25) is 15.9 Å². The number of hydrogen-bond donors (Lipinski definition) is 3. The number of carbonyl (C=O) groups excluding carboxylic acids is 2. The number of thioether (sulfide) groups is 1. The molecule has 0 radical (unpaired) electrons. The minimum Gasteiger partial charge on any atom is -0.478 e. The average Bonchev–Trinajstić information content (AvgIpc) is 3.22. The number of nitrogen functional groups attached to an aromatic ring is 1. The molecule has 1 aromatic heterocycles. The van der Waals surface area contributed by atoms with Gasteiger partial charge in [-0.2, -0.15) is 15.0 Å². The van der Waals surface area contributed by atoms with Gasteiger partial charge in [-0.05, 0) is 17.7 Å². The zero-order valence-electron chi connectivity index (χ0n) is 20.1. The molecule has 1 fully saturated rings. The quantitative estimate of drug-likeness (QED) is 0.152. The summed E-state index contributed by atoms with van der Waals surface area (Å²) in [4.78, 5) is 37.3. The molecule has 2 aromatic carbocycles. The monoisotopic (exact) mass is 586 g/mol. The number of benzene rings is 2. The van der Waals surface area contributed by atoms with Gasteiger partial charge in [0.1, 0.15) is 34.2 Å². The molecular formula is C24H19ClN6O6S2. The van der Waals surface area contributed by atoms with Gasteiger partial charge in [0.25, 0.3) is 5.91 Å². The number of nitrogens with two attached hydrogens (primary N) is 1. The molecule has 1 atom stereocenters. The summed E-state index contributed by atoms with van der Waals surface area (Å²) < 4.78 is 25.9. The zero-order chi connectivity index (χ0) is 28.6. The van der Waals surface area contributed by atoms with Gasteiger partial charge < -0.3 is 10.8 Å². The first-order valence-electron chi connectivity index (χ1n) is 11.0. The molecule has 1 amide bonds. The molecule has 1 unspecified atom stereocenters. The Morgan fingerprint density at radius 3 is 2.44 bits per heavy atom. The first kappa shape index (κ1) is 27.8. The topological polar surface area (TPSA) is 200 Å². The third kappa shape index (κ3) is 5.24. The molecule has 200 valence electrons. The number of amides is 1. The zero-order valence-corrected chi connectivity index (χ0v) is 22.5. The second kappa shape index (κ2) is 10.5. The molecule has 0 aliphatic carbocycles. The standard InChI is InChI=1S/C24H19ClN6O6S2/c1-39(36,37)31-17(9-18(31)32)20-16(10-26)23(38-11-12-5-7-13(8-6-12)21(27)28)30(29-20)22(33)14-3-2-4-15(19(14)25)24(34)35/h2-8,17H,9,11H2,1H3,(H3,27,28)(H,34,35). The number of carboxylic acid groups (broad SMARTS) is 1. The molecule has 0 saturated carbocycles. The van der Waals surface area contributed by atoms with Crippen molar-refractivity contribution in [3.8, 4) is 6.07 Å². The summed E-state index contributed by atoms with van der Waals surface area (Å²) in [6.45, 7) is 0. The van der Waals surface area contributed by atoms with Crippen LogP contribution in [0.5, 0.6) is 0 Å². The predicted molar refractivity (Wildman–Crippen MR) is 141 cm³/mol. The van der Waals surface area contributed by atoms with Gasteiger partial charge in [-0.3, -0.25) is 15.0 Å². The Morgan fingerprint density at radius 1 is 1.26 bits per heavy atom. The lowest BCUT2D eigenvalue weighted by Gasteiger charge is -2.37. The Labute approximate surface area is 231 Å². The first-order valence-corrected chi connectivity index (χ1v) is 14.2. The second-order valence-corrected chi connectivity index (χ2v) is 11.6. The van der Waals surface area contributed by atoms with Gasteiger partial charge >= 0.3 is 5.97 Å². The number of β-lactam (4-membered cyclic amide) rings is 1. The highest BCUT2D eigenvalue weighted by Crippen LogP contribution is 2.41. The van der Waals surface area contributed by atoms with Crippen molar-refractivity contribution in [2.45, 2.75) is 23.2 Å². The van der Waals surface area contributed by atoms with Crippen LogP contribution in [-0.2, 0) is 20.6 Å². The molecule has 15 heteroatoms. The number of sulfonamides is 1. The van der Waals surface area contributed by atoms with Crippen LogP contribution in [0.3, 0.4) is 0 Å². The smallest absolute Gasteiger partial charge is 0.337 e. The fourth-order valence-electron chi connectivity index (χ4n) is 3.96. The molecule has 4 rings (SSSR count). The number of carboxylic acids is 1. The number of nitrogens with one attached hydrogen (secondary N) is 1. The van der Waals surface area contributed by atoms with Crippen LogP contribution in [0.4, 0.5) is 0 Å². The predicted octanol–water partition coefficient (Wildman–Crippen LogP) is 2.60. The third-order valence-electron chi connectivity index (χ3n) is 5.84. The molecule has 39 heavy (non-hydrogen) atoms. The fraction of sp³-hybridized carbons (Fsp3) is 0.167. The van der Waals surface area contributed by atoms with E-state index in [0.717, 1.165) is 28.3 Å². The molecule has 12 nitrogen and oxygen atoms in total. The minimum atomic E-state index is -3.98. The van der Waals surface area contributed by atoms with Gasteiger partial charge in [0.15, 0.2) is 0 Å². The van der Waals surface area contributed by atoms with Crippen LogP contribution >= 0.6 is 23.4 Å². The number of nitriles is 1. The third-order valence-corrected chi connectivity index (χ3v) is 8.55. The van der Waals surface area contributed by atoms with E-state index in [1.54, 1.807) is 24.3 Å². The highest BCUT2D eigenvalue weighted by atomic mass is 35.5. The van der Waals surface area contributed by atoms with Crippen LogP contribution in [-0.4, -0.2) is 57.5 Å². The highest BCUT2D eigenvalue weighted by Gasteiger charge is 2.47. The summed E-state index contributed by atoms with van der Waals surface area (Å²) in [6.07, 6.45) is 0.613. The molecule has 3 aromatic rings. The van der Waals surface area contributed by atoms with E-state index in [-0.39, 0.29) is 50.4 Å². The molecule has 1 saturated heterocycles. The van der Waals surface area contributed by atoms with E-state index < -0.39 is 33.8 Å². The minimum absolute atomic E-state index is 0.0535. The second-order valence-electron chi connectivity index (χ2n) is 8.44. The van der Waals surface area contributed by atoms with Gasteiger partial charge in [-0.15, -0.1) is 11.8 Å². The number of rotatable bonds is 8.